The quantitative estimate of drug-likeness (QED) is 0.548. The van der Waals surface area contributed by atoms with Gasteiger partial charge in [-0.25, -0.2) is 0 Å². The van der Waals surface area contributed by atoms with Crippen molar-refractivity contribution in [2.45, 2.75) is 20.4 Å². The predicted octanol–water partition coefficient (Wildman–Crippen LogP) is 5.19. The minimum Gasteiger partial charge on any atom is -0.508 e. The van der Waals surface area contributed by atoms with Crippen LogP contribution in [-0.4, -0.2) is 35.2 Å². The molecule has 0 saturated carbocycles. The molecule has 2 N–H and O–H groups in total. The summed E-state index contributed by atoms with van der Waals surface area (Å²) in [4.78, 5) is 6.66. The molecule has 0 spiro atoms. The Morgan fingerprint density at radius 1 is 1.15 bits per heavy atom. The number of ether oxygens (including phenoxy) is 1. The predicted molar refractivity (Wildman–Crippen MR) is 111 cm³/mol. The molecule has 6 heteroatoms. The Kier molecular flexibility index (Phi) is 6.04. The lowest BCUT2D eigenvalue weighted by Gasteiger charge is -2.19. The minimum absolute atomic E-state index is 0.298. The molecule has 27 heavy (non-hydrogen) atoms. The monoisotopic (exact) mass is 385 g/mol. The standard InChI is InChI=1S/C21H24ClN3O2/c1-4-25(5-2)13-14-12-15(6-8-18(14)26)24-17-10-11-23-21-19(27-3)9-7-16(22)20(17)21/h6-12,26H,4-5,13H2,1-3H3,(H,23,24). The van der Waals surface area contributed by atoms with Gasteiger partial charge in [0.1, 0.15) is 17.0 Å². The van der Waals surface area contributed by atoms with Crippen molar-refractivity contribution in [3.8, 4) is 11.5 Å². The van der Waals surface area contributed by atoms with Gasteiger partial charge in [-0.15, -0.1) is 0 Å². The summed E-state index contributed by atoms with van der Waals surface area (Å²) >= 11 is 6.44. The zero-order valence-electron chi connectivity index (χ0n) is 15.8. The van der Waals surface area contributed by atoms with Crippen molar-refractivity contribution in [3.05, 3.63) is 53.2 Å². The summed E-state index contributed by atoms with van der Waals surface area (Å²) in [6, 6.07) is 11.0. The van der Waals surface area contributed by atoms with Gasteiger partial charge in [0.15, 0.2) is 0 Å². The number of benzene rings is 2. The van der Waals surface area contributed by atoms with Crippen LogP contribution < -0.4 is 10.1 Å². The van der Waals surface area contributed by atoms with Crippen LogP contribution in [0, 0.1) is 0 Å². The smallest absolute Gasteiger partial charge is 0.145 e. The SMILES string of the molecule is CCN(CC)Cc1cc(Nc2ccnc3c(OC)ccc(Cl)c23)ccc1O. The summed E-state index contributed by atoms with van der Waals surface area (Å²) in [5.74, 6) is 0.970. The molecule has 142 valence electrons. The van der Waals surface area contributed by atoms with Gasteiger partial charge in [-0.1, -0.05) is 25.4 Å². The molecule has 2 aromatic carbocycles. The highest BCUT2D eigenvalue weighted by Crippen LogP contribution is 2.36. The van der Waals surface area contributed by atoms with Crippen molar-refractivity contribution >= 4 is 33.9 Å². The number of nitrogens with one attached hydrogen (secondary N) is 1. The normalized spacial score (nSPS) is 11.1. The molecule has 1 heterocycles. The van der Waals surface area contributed by atoms with E-state index in [4.69, 9.17) is 16.3 Å². The first kappa shape index (κ1) is 19.3. The van der Waals surface area contributed by atoms with Crippen LogP contribution in [0.5, 0.6) is 11.5 Å². The Balaban J connectivity index is 1.98. The molecular weight excluding hydrogens is 362 g/mol. The lowest BCUT2D eigenvalue weighted by Crippen LogP contribution is -2.22. The molecule has 0 saturated heterocycles. The average Bonchev–Trinajstić information content (AvgIpc) is 2.68. The third-order valence-corrected chi connectivity index (χ3v) is 4.99. The molecule has 0 unspecified atom stereocenters. The van der Waals surface area contributed by atoms with E-state index in [1.807, 2.05) is 24.3 Å². The van der Waals surface area contributed by atoms with E-state index in [9.17, 15) is 5.11 Å². The van der Waals surface area contributed by atoms with Crippen LogP contribution in [0.3, 0.4) is 0 Å². The first-order valence-electron chi connectivity index (χ1n) is 8.99. The first-order valence-corrected chi connectivity index (χ1v) is 9.37. The number of anilines is 2. The van der Waals surface area contributed by atoms with Crippen molar-refractivity contribution in [1.82, 2.24) is 9.88 Å². The topological polar surface area (TPSA) is 57.6 Å². The molecule has 0 aliphatic carbocycles. The van der Waals surface area contributed by atoms with Gasteiger partial charge in [0.05, 0.1) is 17.8 Å². The molecule has 0 aliphatic rings. The van der Waals surface area contributed by atoms with Crippen LogP contribution in [0.1, 0.15) is 19.4 Å². The fourth-order valence-corrected chi connectivity index (χ4v) is 3.36. The molecule has 5 nitrogen and oxygen atoms in total. The molecule has 0 aliphatic heterocycles. The number of nitrogens with zero attached hydrogens (tertiary/aromatic N) is 2. The van der Waals surface area contributed by atoms with Gasteiger partial charge in [-0.2, -0.15) is 0 Å². The zero-order chi connectivity index (χ0) is 19.4. The summed E-state index contributed by atoms with van der Waals surface area (Å²) in [6.45, 7) is 6.78. The maximum atomic E-state index is 10.2. The maximum Gasteiger partial charge on any atom is 0.145 e. The molecule has 3 rings (SSSR count). The van der Waals surface area contributed by atoms with Crippen molar-refractivity contribution in [3.63, 3.8) is 0 Å². The van der Waals surface area contributed by atoms with Gasteiger partial charge < -0.3 is 15.2 Å². The first-order chi connectivity index (χ1) is 13.1. The molecule has 0 atom stereocenters. The molecule has 0 radical (unpaired) electrons. The van der Waals surface area contributed by atoms with E-state index >= 15 is 0 Å². The van der Waals surface area contributed by atoms with Gasteiger partial charge in [-0.05, 0) is 49.5 Å². The molecule has 0 bridgehead atoms. The molecular formula is C21H24ClN3O2. The Morgan fingerprint density at radius 3 is 2.63 bits per heavy atom. The van der Waals surface area contributed by atoms with Gasteiger partial charge >= 0.3 is 0 Å². The molecule has 3 aromatic rings. The van der Waals surface area contributed by atoms with Crippen LogP contribution in [0.15, 0.2) is 42.6 Å². The van der Waals surface area contributed by atoms with Gasteiger partial charge in [-0.3, -0.25) is 9.88 Å². The van der Waals surface area contributed by atoms with E-state index < -0.39 is 0 Å². The zero-order valence-corrected chi connectivity index (χ0v) is 16.5. The fourth-order valence-electron chi connectivity index (χ4n) is 3.10. The maximum absolute atomic E-state index is 10.2. The fraction of sp³-hybridized carbons (Fsp3) is 0.286. The van der Waals surface area contributed by atoms with Crippen LogP contribution in [0.2, 0.25) is 5.02 Å². The van der Waals surface area contributed by atoms with Gasteiger partial charge in [0, 0.05) is 29.4 Å². The number of phenolic OH excluding ortho intramolecular Hbond substituents is 1. The van der Waals surface area contributed by atoms with Crippen molar-refractivity contribution in [2.24, 2.45) is 0 Å². The van der Waals surface area contributed by atoms with E-state index in [1.165, 1.54) is 0 Å². The van der Waals surface area contributed by atoms with E-state index in [0.29, 0.717) is 28.6 Å². The number of aromatic hydroxyl groups is 1. The highest BCUT2D eigenvalue weighted by molar-refractivity contribution is 6.36. The third-order valence-electron chi connectivity index (χ3n) is 4.67. The van der Waals surface area contributed by atoms with E-state index in [-0.39, 0.29) is 0 Å². The highest BCUT2D eigenvalue weighted by Gasteiger charge is 2.12. The van der Waals surface area contributed by atoms with Crippen LogP contribution >= 0.6 is 11.6 Å². The highest BCUT2D eigenvalue weighted by atomic mass is 35.5. The number of halogens is 1. The summed E-state index contributed by atoms with van der Waals surface area (Å²) in [6.07, 6.45) is 1.72. The largest absolute Gasteiger partial charge is 0.508 e. The second kappa shape index (κ2) is 8.46. The minimum atomic E-state index is 0.298. The average molecular weight is 386 g/mol. The lowest BCUT2D eigenvalue weighted by molar-refractivity contribution is 0.291. The number of phenols is 1. The molecule has 0 fully saturated rings. The second-order valence-corrected chi connectivity index (χ2v) is 6.67. The van der Waals surface area contributed by atoms with E-state index in [1.54, 1.807) is 25.4 Å². The van der Waals surface area contributed by atoms with Crippen molar-refractivity contribution in [2.75, 3.05) is 25.5 Å². The van der Waals surface area contributed by atoms with Gasteiger partial charge in [0.2, 0.25) is 0 Å². The number of methoxy groups -OCH3 is 1. The Hall–Kier alpha value is -2.50. The lowest BCUT2D eigenvalue weighted by atomic mass is 10.1. The van der Waals surface area contributed by atoms with Crippen LogP contribution in [0.4, 0.5) is 11.4 Å². The van der Waals surface area contributed by atoms with Crippen molar-refractivity contribution in [1.29, 1.82) is 0 Å². The van der Waals surface area contributed by atoms with Gasteiger partial charge in [0.25, 0.3) is 0 Å². The van der Waals surface area contributed by atoms with Crippen LogP contribution in [0.25, 0.3) is 10.9 Å². The second-order valence-electron chi connectivity index (χ2n) is 6.26. The van der Waals surface area contributed by atoms with E-state index in [0.717, 1.165) is 35.4 Å². The Morgan fingerprint density at radius 2 is 1.93 bits per heavy atom. The number of hydrogen-bond acceptors (Lipinski definition) is 5. The Bertz CT molecular complexity index is 942. The van der Waals surface area contributed by atoms with E-state index in [2.05, 4.69) is 29.0 Å². The number of fused-ring (bicyclic) bond motifs is 1. The Labute approximate surface area is 164 Å². The number of rotatable bonds is 7. The summed E-state index contributed by atoms with van der Waals surface area (Å²) in [5.41, 5.74) is 3.30. The number of aromatic nitrogens is 1. The number of hydrogen-bond donors (Lipinski definition) is 2. The van der Waals surface area contributed by atoms with Crippen LogP contribution in [-0.2, 0) is 6.54 Å². The summed E-state index contributed by atoms with van der Waals surface area (Å²) in [7, 11) is 1.62. The van der Waals surface area contributed by atoms with Crippen molar-refractivity contribution < 1.29 is 9.84 Å². The molecule has 1 aromatic heterocycles. The summed E-state index contributed by atoms with van der Waals surface area (Å²) in [5, 5.41) is 15.0. The number of pyridine rings is 1. The molecule has 0 amide bonds. The summed E-state index contributed by atoms with van der Waals surface area (Å²) < 4.78 is 5.40. The third kappa shape index (κ3) is 4.10.